The SMILES string of the molecule is CC(C)C(O)CCNC(=O)CNC(=O)c1ccc(F)cc1F. The quantitative estimate of drug-likeness (QED) is 0.708. The Bertz CT molecular complexity index is 536. The average molecular weight is 314 g/mol. The minimum Gasteiger partial charge on any atom is -0.393 e. The van der Waals surface area contributed by atoms with Gasteiger partial charge in [-0.15, -0.1) is 0 Å². The first-order chi connectivity index (χ1) is 10.3. The van der Waals surface area contributed by atoms with Crippen molar-refractivity contribution in [2.24, 2.45) is 5.92 Å². The van der Waals surface area contributed by atoms with E-state index in [1.54, 1.807) is 0 Å². The van der Waals surface area contributed by atoms with Crippen molar-refractivity contribution in [3.63, 3.8) is 0 Å². The predicted octanol–water partition coefficient (Wildman–Crippen LogP) is 1.22. The molecule has 0 bridgehead atoms. The monoisotopic (exact) mass is 314 g/mol. The molecule has 1 aromatic carbocycles. The number of aliphatic hydroxyl groups excluding tert-OH is 1. The fourth-order valence-corrected chi connectivity index (χ4v) is 1.68. The van der Waals surface area contributed by atoms with Crippen LogP contribution in [-0.2, 0) is 4.79 Å². The van der Waals surface area contributed by atoms with Gasteiger partial charge in [0.2, 0.25) is 5.91 Å². The molecule has 2 amide bonds. The van der Waals surface area contributed by atoms with Gasteiger partial charge in [-0.05, 0) is 24.5 Å². The van der Waals surface area contributed by atoms with Crippen molar-refractivity contribution >= 4 is 11.8 Å². The second-order valence-electron chi connectivity index (χ2n) is 5.26. The lowest BCUT2D eigenvalue weighted by Crippen LogP contribution is -2.38. The van der Waals surface area contributed by atoms with Crippen LogP contribution in [0.4, 0.5) is 8.78 Å². The van der Waals surface area contributed by atoms with Crippen molar-refractivity contribution in [2.45, 2.75) is 26.4 Å². The van der Waals surface area contributed by atoms with E-state index in [1.807, 2.05) is 13.8 Å². The lowest BCUT2D eigenvalue weighted by molar-refractivity contribution is -0.120. The Morgan fingerprint density at radius 2 is 1.91 bits per heavy atom. The van der Waals surface area contributed by atoms with Crippen LogP contribution in [0, 0.1) is 17.6 Å². The third kappa shape index (κ3) is 5.77. The fraction of sp³-hybridized carbons (Fsp3) is 0.467. The summed E-state index contributed by atoms with van der Waals surface area (Å²) in [6.07, 6.45) is -0.104. The van der Waals surface area contributed by atoms with E-state index in [9.17, 15) is 23.5 Å². The number of amides is 2. The van der Waals surface area contributed by atoms with Crippen LogP contribution < -0.4 is 10.6 Å². The number of benzene rings is 1. The highest BCUT2D eigenvalue weighted by Gasteiger charge is 2.14. The number of halogens is 2. The van der Waals surface area contributed by atoms with Crippen LogP contribution in [0.25, 0.3) is 0 Å². The van der Waals surface area contributed by atoms with Gasteiger partial charge in [0.05, 0.1) is 18.2 Å². The van der Waals surface area contributed by atoms with Gasteiger partial charge in [-0.25, -0.2) is 8.78 Å². The maximum absolute atomic E-state index is 13.4. The van der Waals surface area contributed by atoms with Crippen LogP contribution in [0.3, 0.4) is 0 Å². The first kappa shape index (κ1) is 18.0. The molecule has 7 heteroatoms. The summed E-state index contributed by atoms with van der Waals surface area (Å²) in [6.45, 7) is 3.68. The van der Waals surface area contributed by atoms with Crippen molar-refractivity contribution in [2.75, 3.05) is 13.1 Å². The van der Waals surface area contributed by atoms with E-state index in [0.717, 1.165) is 12.1 Å². The van der Waals surface area contributed by atoms with Gasteiger partial charge in [-0.3, -0.25) is 9.59 Å². The van der Waals surface area contributed by atoms with E-state index >= 15 is 0 Å². The Labute approximate surface area is 127 Å². The van der Waals surface area contributed by atoms with Crippen molar-refractivity contribution in [1.29, 1.82) is 0 Å². The molecule has 0 aliphatic carbocycles. The smallest absolute Gasteiger partial charge is 0.254 e. The van der Waals surface area contributed by atoms with Crippen LogP contribution in [-0.4, -0.2) is 36.1 Å². The lowest BCUT2D eigenvalue weighted by Gasteiger charge is -2.14. The molecule has 0 spiro atoms. The predicted molar refractivity (Wildman–Crippen MR) is 77.2 cm³/mol. The standard InChI is InChI=1S/C15H20F2N2O3/c1-9(2)13(20)5-6-18-14(21)8-19-15(22)11-4-3-10(16)7-12(11)17/h3-4,7,9,13,20H,5-6,8H2,1-2H3,(H,18,21)(H,19,22). The second-order valence-corrected chi connectivity index (χ2v) is 5.26. The fourth-order valence-electron chi connectivity index (χ4n) is 1.68. The maximum Gasteiger partial charge on any atom is 0.254 e. The summed E-state index contributed by atoms with van der Waals surface area (Å²) in [5.74, 6) is -2.92. The normalized spacial score (nSPS) is 12.1. The van der Waals surface area contributed by atoms with Gasteiger partial charge in [-0.1, -0.05) is 13.8 Å². The number of aliphatic hydroxyl groups is 1. The molecule has 0 saturated heterocycles. The Kier molecular flexibility index (Phi) is 6.91. The molecule has 0 fully saturated rings. The van der Waals surface area contributed by atoms with Gasteiger partial charge >= 0.3 is 0 Å². The third-order valence-corrected chi connectivity index (χ3v) is 3.12. The first-order valence-electron chi connectivity index (χ1n) is 6.99. The van der Waals surface area contributed by atoms with E-state index in [0.29, 0.717) is 12.5 Å². The van der Waals surface area contributed by atoms with E-state index < -0.39 is 29.6 Å². The molecule has 1 aromatic rings. The Morgan fingerprint density at radius 3 is 2.50 bits per heavy atom. The Balaban J connectivity index is 2.36. The molecule has 1 rings (SSSR count). The molecule has 0 aliphatic heterocycles. The van der Waals surface area contributed by atoms with Gasteiger partial charge in [0.1, 0.15) is 11.6 Å². The highest BCUT2D eigenvalue weighted by Crippen LogP contribution is 2.09. The molecular weight excluding hydrogens is 294 g/mol. The largest absolute Gasteiger partial charge is 0.393 e. The van der Waals surface area contributed by atoms with E-state index in [1.165, 1.54) is 0 Å². The highest BCUT2D eigenvalue weighted by molar-refractivity contribution is 5.96. The van der Waals surface area contributed by atoms with Crippen molar-refractivity contribution < 1.29 is 23.5 Å². The number of carbonyl (C=O) groups is 2. The third-order valence-electron chi connectivity index (χ3n) is 3.12. The molecule has 5 nitrogen and oxygen atoms in total. The van der Waals surface area contributed by atoms with Gasteiger partial charge in [0.15, 0.2) is 0 Å². The molecule has 1 unspecified atom stereocenters. The minimum atomic E-state index is -0.988. The number of rotatable bonds is 7. The Morgan fingerprint density at radius 1 is 1.23 bits per heavy atom. The van der Waals surface area contributed by atoms with Crippen LogP contribution >= 0.6 is 0 Å². The van der Waals surface area contributed by atoms with Crippen molar-refractivity contribution in [1.82, 2.24) is 10.6 Å². The molecule has 0 heterocycles. The average Bonchev–Trinajstić information content (AvgIpc) is 2.44. The van der Waals surface area contributed by atoms with E-state index in [2.05, 4.69) is 10.6 Å². The summed E-state index contributed by atoms with van der Waals surface area (Å²) in [7, 11) is 0. The summed E-state index contributed by atoms with van der Waals surface area (Å²) in [5.41, 5.74) is -0.329. The second kappa shape index (κ2) is 8.43. The van der Waals surface area contributed by atoms with Crippen molar-refractivity contribution in [3.05, 3.63) is 35.4 Å². The summed E-state index contributed by atoms with van der Waals surface area (Å²) < 4.78 is 26.1. The minimum absolute atomic E-state index is 0.0954. The zero-order valence-corrected chi connectivity index (χ0v) is 12.5. The molecular formula is C15H20F2N2O3. The van der Waals surface area contributed by atoms with Gasteiger partial charge in [-0.2, -0.15) is 0 Å². The molecule has 1 atom stereocenters. The van der Waals surface area contributed by atoms with Gasteiger partial charge < -0.3 is 15.7 Å². The lowest BCUT2D eigenvalue weighted by atomic mass is 10.0. The molecule has 0 aromatic heterocycles. The highest BCUT2D eigenvalue weighted by atomic mass is 19.1. The molecule has 0 radical (unpaired) electrons. The molecule has 3 N–H and O–H groups in total. The zero-order chi connectivity index (χ0) is 16.7. The van der Waals surface area contributed by atoms with Crippen LogP contribution in [0.2, 0.25) is 0 Å². The summed E-state index contributed by atoms with van der Waals surface area (Å²) in [6, 6.07) is 2.57. The van der Waals surface area contributed by atoms with Gasteiger partial charge in [0.25, 0.3) is 5.91 Å². The van der Waals surface area contributed by atoms with Crippen LogP contribution in [0.5, 0.6) is 0 Å². The number of hydrogen-bond donors (Lipinski definition) is 3. The number of hydrogen-bond acceptors (Lipinski definition) is 3. The number of nitrogens with one attached hydrogen (secondary N) is 2. The number of carbonyl (C=O) groups excluding carboxylic acids is 2. The van der Waals surface area contributed by atoms with Crippen LogP contribution in [0.1, 0.15) is 30.6 Å². The molecule has 0 aliphatic rings. The molecule has 122 valence electrons. The molecule has 0 saturated carbocycles. The Hall–Kier alpha value is -2.02. The van der Waals surface area contributed by atoms with E-state index in [-0.39, 0.29) is 24.6 Å². The van der Waals surface area contributed by atoms with Crippen molar-refractivity contribution in [3.8, 4) is 0 Å². The topological polar surface area (TPSA) is 78.4 Å². The first-order valence-corrected chi connectivity index (χ1v) is 6.99. The summed E-state index contributed by atoms with van der Waals surface area (Å²) in [5, 5.41) is 14.3. The van der Waals surface area contributed by atoms with Gasteiger partial charge in [0, 0.05) is 12.6 Å². The van der Waals surface area contributed by atoms with Crippen LogP contribution in [0.15, 0.2) is 18.2 Å². The summed E-state index contributed by atoms with van der Waals surface area (Å²) >= 11 is 0. The molecule has 22 heavy (non-hydrogen) atoms. The van der Waals surface area contributed by atoms with E-state index in [4.69, 9.17) is 0 Å². The zero-order valence-electron chi connectivity index (χ0n) is 12.5. The maximum atomic E-state index is 13.4. The summed E-state index contributed by atoms with van der Waals surface area (Å²) in [4.78, 5) is 23.2.